The van der Waals surface area contributed by atoms with Crippen molar-refractivity contribution in [2.45, 2.75) is 25.8 Å². The van der Waals surface area contributed by atoms with E-state index in [0.29, 0.717) is 6.04 Å². The van der Waals surface area contributed by atoms with Crippen LogP contribution in [0.4, 0.5) is 0 Å². The first kappa shape index (κ1) is 11.0. The van der Waals surface area contributed by atoms with E-state index in [1.54, 1.807) is 0 Å². The highest BCUT2D eigenvalue weighted by atomic mass is 32.2. The third kappa shape index (κ3) is 1.90. The van der Waals surface area contributed by atoms with Gasteiger partial charge in [-0.1, -0.05) is 0 Å². The van der Waals surface area contributed by atoms with Gasteiger partial charge in [0.1, 0.15) is 5.52 Å². The molecule has 1 unspecified atom stereocenters. The fourth-order valence-electron chi connectivity index (χ4n) is 2.58. The van der Waals surface area contributed by atoms with Crippen molar-refractivity contribution in [1.82, 2.24) is 9.55 Å². The van der Waals surface area contributed by atoms with Crippen molar-refractivity contribution < 1.29 is 0 Å². The first-order chi connectivity index (χ1) is 8.25. The molecular formula is C13H16N2OS. The van der Waals surface area contributed by atoms with E-state index in [1.807, 2.05) is 24.8 Å². The molecule has 0 aromatic carbocycles. The predicted octanol–water partition coefficient (Wildman–Crippen LogP) is 2.71. The third-order valence-electron chi connectivity index (χ3n) is 3.37. The second-order valence-corrected chi connectivity index (χ2v) is 5.83. The highest BCUT2D eigenvalue weighted by molar-refractivity contribution is 7.99. The molecule has 3 nitrogen and oxygen atoms in total. The van der Waals surface area contributed by atoms with E-state index in [9.17, 15) is 4.79 Å². The summed E-state index contributed by atoms with van der Waals surface area (Å²) < 4.78 is 2.17. The van der Waals surface area contributed by atoms with E-state index in [2.05, 4.69) is 21.8 Å². The zero-order chi connectivity index (χ0) is 11.8. The molecule has 1 atom stereocenters. The van der Waals surface area contributed by atoms with Crippen LogP contribution in [-0.4, -0.2) is 21.1 Å². The fraction of sp³-hybridized carbons (Fsp3) is 0.462. The number of fused-ring (bicyclic) bond motifs is 1. The Hall–Kier alpha value is -1.16. The Kier molecular flexibility index (Phi) is 2.74. The lowest BCUT2D eigenvalue weighted by atomic mass is 10.2. The van der Waals surface area contributed by atoms with Crippen LogP contribution in [0.15, 0.2) is 23.1 Å². The van der Waals surface area contributed by atoms with Crippen LogP contribution >= 0.6 is 11.8 Å². The van der Waals surface area contributed by atoms with Gasteiger partial charge in [-0.3, -0.25) is 4.79 Å². The van der Waals surface area contributed by atoms with Gasteiger partial charge in [0.25, 0.3) is 5.56 Å². The topological polar surface area (TPSA) is 37.8 Å². The molecule has 0 saturated carbocycles. The number of pyridine rings is 1. The zero-order valence-corrected chi connectivity index (χ0v) is 10.7. The second kappa shape index (κ2) is 4.26. The molecule has 1 aliphatic rings. The normalized spacial score (nSPS) is 20.9. The summed E-state index contributed by atoms with van der Waals surface area (Å²) in [5.74, 6) is 2.38. The molecular weight excluding hydrogens is 232 g/mol. The number of hydrogen-bond donors (Lipinski definition) is 1. The van der Waals surface area contributed by atoms with Crippen molar-refractivity contribution in [3.63, 3.8) is 0 Å². The average Bonchev–Trinajstić information content (AvgIpc) is 2.74. The summed E-state index contributed by atoms with van der Waals surface area (Å²) in [5.41, 5.74) is 1.81. The summed E-state index contributed by atoms with van der Waals surface area (Å²) in [6.07, 6.45) is 4.50. The van der Waals surface area contributed by atoms with Crippen molar-refractivity contribution in [3.05, 3.63) is 34.4 Å². The van der Waals surface area contributed by atoms with Crippen LogP contribution in [0.2, 0.25) is 0 Å². The van der Waals surface area contributed by atoms with Crippen molar-refractivity contribution >= 4 is 22.7 Å². The minimum absolute atomic E-state index is 0.0422. The maximum atomic E-state index is 12.0. The quantitative estimate of drug-likeness (QED) is 0.842. The first-order valence-electron chi connectivity index (χ1n) is 6.04. The molecule has 17 heavy (non-hydrogen) atoms. The number of nitrogens with one attached hydrogen (secondary N) is 1. The van der Waals surface area contributed by atoms with Gasteiger partial charge < -0.3 is 9.55 Å². The molecule has 2 aromatic rings. The summed E-state index contributed by atoms with van der Waals surface area (Å²) >= 11 is 1.99. The molecule has 2 aromatic heterocycles. The van der Waals surface area contributed by atoms with Gasteiger partial charge in [-0.2, -0.15) is 11.8 Å². The Morgan fingerprint density at radius 3 is 3.18 bits per heavy atom. The third-order valence-corrected chi connectivity index (χ3v) is 4.57. The van der Waals surface area contributed by atoms with Gasteiger partial charge in [0.15, 0.2) is 0 Å². The van der Waals surface area contributed by atoms with Gasteiger partial charge in [0.05, 0.1) is 0 Å². The number of nitrogens with zero attached hydrogens (tertiary/aromatic N) is 1. The summed E-state index contributed by atoms with van der Waals surface area (Å²) in [6, 6.07) is 4.58. The summed E-state index contributed by atoms with van der Waals surface area (Å²) in [4.78, 5) is 14.9. The van der Waals surface area contributed by atoms with Gasteiger partial charge in [-0.25, -0.2) is 0 Å². The number of H-pyrrole nitrogens is 1. The summed E-state index contributed by atoms with van der Waals surface area (Å²) in [7, 11) is 0. The van der Waals surface area contributed by atoms with Crippen LogP contribution in [0.3, 0.4) is 0 Å². The monoisotopic (exact) mass is 248 g/mol. The number of rotatable bonds is 1. The SMILES string of the molecule is Cc1cc2ccn(C3CCCSC3)c2c(=O)[nH]1. The van der Waals surface area contributed by atoms with Crippen molar-refractivity contribution in [2.75, 3.05) is 11.5 Å². The summed E-state index contributed by atoms with van der Waals surface area (Å²) in [5, 5.41) is 1.06. The first-order valence-corrected chi connectivity index (χ1v) is 7.19. The second-order valence-electron chi connectivity index (χ2n) is 4.68. The Balaban J connectivity index is 2.14. The molecule has 1 saturated heterocycles. The number of hydrogen-bond acceptors (Lipinski definition) is 2. The number of aryl methyl sites for hydroxylation is 1. The fourth-order valence-corrected chi connectivity index (χ4v) is 3.72. The van der Waals surface area contributed by atoms with Gasteiger partial charge >= 0.3 is 0 Å². The standard InChI is InChI=1S/C13H16N2OS/c1-9-7-10-4-5-15(12(10)13(16)14-9)11-3-2-6-17-8-11/h4-5,7,11H,2-3,6,8H2,1H3,(H,14,16). The van der Waals surface area contributed by atoms with Crippen molar-refractivity contribution in [1.29, 1.82) is 0 Å². The van der Waals surface area contributed by atoms with E-state index >= 15 is 0 Å². The lowest BCUT2D eigenvalue weighted by Gasteiger charge is -2.23. The highest BCUT2D eigenvalue weighted by Crippen LogP contribution is 2.29. The van der Waals surface area contributed by atoms with E-state index in [-0.39, 0.29) is 5.56 Å². The molecule has 0 bridgehead atoms. The molecule has 1 N–H and O–H groups in total. The number of aromatic nitrogens is 2. The Morgan fingerprint density at radius 2 is 2.41 bits per heavy atom. The molecule has 3 rings (SSSR count). The molecule has 3 heterocycles. The van der Waals surface area contributed by atoms with Crippen LogP contribution in [-0.2, 0) is 0 Å². The Labute approximate surface area is 104 Å². The maximum Gasteiger partial charge on any atom is 0.272 e. The van der Waals surface area contributed by atoms with E-state index in [0.717, 1.165) is 22.3 Å². The molecule has 90 valence electrons. The van der Waals surface area contributed by atoms with Gasteiger partial charge in [-0.05, 0) is 37.7 Å². The molecule has 0 radical (unpaired) electrons. The lowest BCUT2D eigenvalue weighted by Crippen LogP contribution is -2.19. The Bertz CT molecular complexity index is 593. The van der Waals surface area contributed by atoms with Crippen LogP contribution in [0, 0.1) is 6.92 Å². The van der Waals surface area contributed by atoms with E-state index in [4.69, 9.17) is 0 Å². The molecule has 0 spiro atoms. The van der Waals surface area contributed by atoms with Crippen LogP contribution in [0.1, 0.15) is 24.6 Å². The smallest absolute Gasteiger partial charge is 0.272 e. The van der Waals surface area contributed by atoms with Crippen LogP contribution < -0.4 is 5.56 Å². The predicted molar refractivity (Wildman–Crippen MR) is 72.9 cm³/mol. The molecule has 0 aliphatic carbocycles. The number of aromatic amines is 1. The van der Waals surface area contributed by atoms with Crippen LogP contribution in [0.5, 0.6) is 0 Å². The molecule has 1 aliphatic heterocycles. The highest BCUT2D eigenvalue weighted by Gasteiger charge is 2.18. The van der Waals surface area contributed by atoms with Crippen LogP contribution in [0.25, 0.3) is 10.9 Å². The van der Waals surface area contributed by atoms with Crippen molar-refractivity contribution in [2.24, 2.45) is 0 Å². The minimum atomic E-state index is 0.0422. The molecule has 1 fully saturated rings. The zero-order valence-electron chi connectivity index (χ0n) is 9.90. The molecule has 0 amide bonds. The molecule has 4 heteroatoms. The van der Waals surface area contributed by atoms with E-state index < -0.39 is 0 Å². The number of thioether (sulfide) groups is 1. The minimum Gasteiger partial charge on any atom is -0.339 e. The van der Waals surface area contributed by atoms with Gasteiger partial charge in [0.2, 0.25) is 0 Å². The lowest BCUT2D eigenvalue weighted by molar-refractivity contribution is 0.513. The van der Waals surface area contributed by atoms with Gasteiger partial charge in [-0.15, -0.1) is 0 Å². The summed E-state index contributed by atoms with van der Waals surface area (Å²) in [6.45, 7) is 1.93. The van der Waals surface area contributed by atoms with Gasteiger partial charge in [0, 0.05) is 29.1 Å². The van der Waals surface area contributed by atoms with E-state index in [1.165, 1.54) is 18.6 Å². The largest absolute Gasteiger partial charge is 0.339 e. The maximum absolute atomic E-state index is 12.0. The average molecular weight is 248 g/mol. The Morgan fingerprint density at radius 1 is 1.53 bits per heavy atom. The van der Waals surface area contributed by atoms with Crippen molar-refractivity contribution in [3.8, 4) is 0 Å².